The van der Waals surface area contributed by atoms with Gasteiger partial charge in [0, 0.05) is 5.39 Å². The quantitative estimate of drug-likeness (QED) is 0.188. The maximum Gasteiger partial charge on any atom is 0.335 e. The van der Waals surface area contributed by atoms with Crippen molar-refractivity contribution in [3.05, 3.63) is 89.0 Å². The van der Waals surface area contributed by atoms with Crippen LogP contribution in [-0.4, -0.2) is 13.0 Å². The molecule has 33 heavy (non-hydrogen) atoms. The second-order valence-corrected chi connectivity index (χ2v) is 7.44. The molecule has 0 aliphatic heterocycles. The molecule has 0 heterocycles. The van der Waals surface area contributed by atoms with E-state index in [1.807, 2.05) is 6.07 Å². The van der Waals surface area contributed by atoms with E-state index in [4.69, 9.17) is 4.55 Å². The normalized spacial score (nSPS) is 11.7. The van der Waals surface area contributed by atoms with Crippen LogP contribution in [0.3, 0.4) is 0 Å². The summed E-state index contributed by atoms with van der Waals surface area (Å²) in [7, 11) is -4.13. The average molecular weight is 506 g/mol. The third kappa shape index (κ3) is 5.11. The number of halogens is 10. The molecule has 0 aliphatic carbocycles. The van der Waals surface area contributed by atoms with Gasteiger partial charge in [-0.05, 0) is 11.5 Å². The molecule has 3 nitrogen and oxygen atoms in total. The first kappa shape index (κ1) is 26.1. The number of allylic oxidation sites excluding steroid dienone is 1. The molecule has 0 bridgehead atoms. The molecule has 3 aromatic carbocycles. The maximum absolute atomic E-state index is 13.0. The predicted octanol–water partition coefficient (Wildman–Crippen LogP) is 6.64. The number of benzene rings is 3. The largest absolute Gasteiger partial charge is 0.335 e. The molecule has 0 aliphatic rings. The smallest absolute Gasteiger partial charge is 0.282 e. The van der Waals surface area contributed by atoms with Crippen molar-refractivity contribution in [3.63, 3.8) is 0 Å². The molecule has 0 amide bonds. The summed E-state index contributed by atoms with van der Waals surface area (Å²) in [5, 5.41) is 1.33. The van der Waals surface area contributed by atoms with E-state index in [0.717, 1.165) is 5.39 Å². The summed E-state index contributed by atoms with van der Waals surface area (Å²) in [6, 6.07) is 11.8. The summed E-state index contributed by atoms with van der Waals surface area (Å²) in [5.41, 5.74) is -2.99. The zero-order valence-corrected chi connectivity index (χ0v) is 16.3. The summed E-state index contributed by atoms with van der Waals surface area (Å²) in [4.78, 5) is -0.0457. The second kappa shape index (κ2) is 9.39. The monoisotopic (exact) mass is 506 g/mol. The van der Waals surface area contributed by atoms with Gasteiger partial charge in [0.2, 0.25) is 11.6 Å². The van der Waals surface area contributed by atoms with E-state index in [-0.39, 0.29) is 4.90 Å². The van der Waals surface area contributed by atoms with Crippen LogP contribution in [0.4, 0.5) is 43.9 Å². The van der Waals surface area contributed by atoms with Crippen LogP contribution in [0, 0.1) is 29.1 Å². The van der Waals surface area contributed by atoms with Crippen molar-refractivity contribution in [2.24, 2.45) is 0 Å². The Labute approximate surface area is 178 Å². The molecular formula is C19H8F10O3S. The fraction of sp³-hybridized carbons (Fsp3) is 0.0526. The van der Waals surface area contributed by atoms with Crippen LogP contribution in [0.1, 0.15) is 5.56 Å². The zero-order valence-electron chi connectivity index (χ0n) is 15.5. The van der Waals surface area contributed by atoms with Gasteiger partial charge in [-0.25, -0.2) is 22.0 Å². The Morgan fingerprint density at radius 3 is 1.67 bits per heavy atom. The van der Waals surface area contributed by atoms with Crippen molar-refractivity contribution < 1.29 is 56.9 Å². The first-order chi connectivity index (χ1) is 15.1. The van der Waals surface area contributed by atoms with E-state index < -0.39 is 62.6 Å². The van der Waals surface area contributed by atoms with Gasteiger partial charge in [0.1, 0.15) is 10.5 Å². The van der Waals surface area contributed by atoms with Crippen LogP contribution in [0.25, 0.3) is 10.8 Å². The molecule has 0 fully saturated rings. The van der Waals surface area contributed by atoms with Crippen molar-refractivity contribution in [2.45, 2.75) is 10.8 Å². The molecule has 0 atom stereocenters. The van der Waals surface area contributed by atoms with E-state index in [0.29, 0.717) is 5.39 Å². The summed E-state index contributed by atoms with van der Waals surface area (Å²) in [6.45, 7) is 0. The fourth-order valence-electron chi connectivity index (χ4n) is 2.53. The van der Waals surface area contributed by atoms with Gasteiger partial charge in [0.25, 0.3) is 10.1 Å². The van der Waals surface area contributed by atoms with E-state index in [9.17, 15) is 52.3 Å². The molecule has 0 saturated carbocycles. The molecule has 1 N–H and O–H groups in total. The number of fused-ring (bicyclic) bond motifs is 1. The minimum Gasteiger partial charge on any atom is -0.282 e. The Balaban J connectivity index is 0.000000243. The van der Waals surface area contributed by atoms with Gasteiger partial charge in [-0.2, -0.15) is 30.4 Å². The molecule has 3 aromatic rings. The van der Waals surface area contributed by atoms with Gasteiger partial charge in [-0.1, -0.05) is 36.4 Å². The number of rotatable bonds is 3. The van der Waals surface area contributed by atoms with Crippen LogP contribution >= 0.6 is 0 Å². The standard InChI is InChI=1S/C10H8O3S.C9F10/c11-14(12,13)10-7-3-5-8-4-1-2-6-9(8)10;10-2-1(9(18,19)7(15)8(16)17)3(11)5(13)6(14)4(2)12/h1-7H,(H,11,12,13);. The number of alkyl halides is 2. The van der Waals surface area contributed by atoms with Crippen molar-refractivity contribution in [1.82, 2.24) is 0 Å². The number of hydrogen-bond donors (Lipinski definition) is 1. The molecule has 3 rings (SSSR count). The third-order valence-corrected chi connectivity index (χ3v) is 4.90. The summed E-state index contributed by atoms with van der Waals surface area (Å²) in [5.74, 6) is -23.9. The van der Waals surface area contributed by atoms with Crippen LogP contribution in [0.2, 0.25) is 0 Å². The lowest BCUT2D eigenvalue weighted by Crippen LogP contribution is -2.22. The first-order valence-corrected chi connectivity index (χ1v) is 9.62. The van der Waals surface area contributed by atoms with Crippen molar-refractivity contribution in [1.29, 1.82) is 0 Å². The molecular weight excluding hydrogens is 498 g/mol. The second-order valence-electron chi connectivity index (χ2n) is 6.05. The third-order valence-electron chi connectivity index (χ3n) is 3.99. The molecule has 0 unspecified atom stereocenters. The Morgan fingerprint density at radius 1 is 0.727 bits per heavy atom. The maximum atomic E-state index is 13.0. The molecule has 0 saturated heterocycles. The Bertz CT molecular complexity index is 1320. The van der Waals surface area contributed by atoms with Crippen LogP contribution < -0.4 is 0 Å². The van der Waals surface area contributed by atoms with Gasteiger partial charge < -0.3 is 0 Å². The van der Waals surface area contributed by atoms with Crippen LogP contribution in [0.15, 0.2) is 59.3 Å². The van der Waals surface area contributed by atoms with Crippen LogP contribution in [0.5, 0.6) is 0 Å². The van der Waals surface area contributed by atoms with Crippen molar-refractivity contribution in [3.8, 4) is 0 Å². The highest BCUT2D eigenvalue weighted by atomic mass is 32.2. The van der Waals surface area contributed by atoms with Gasteiger partial charge in [-0.15, -0.1) is 0 Å². The lowest BCUT2D eigenvalue weighted by Gasteiger charge is -2.16. The summed E-state index contributed by atoms with van der Waals surface area (Å²) < 4.78 is 156. The van der Waals surface area contributed by atoms with E-state index in [2.05, 4.69) is 0 Å². The average Bonchev–Trinajstić information content (AvgIpc) is 2.75. The van der Waals surface area contributed by atoms with Gasteiger partial charge in [0.15, 0.2) is 23.3 Å². The van der Waals surface area contributed by atoms with Crippen LogP contribution in [-0.2, 0) is 16.0 Å². The van der Waals surface area contributed by atoms with Gasteiger partial charge >= 0.3 is 12.0 Å². The Morgan fingerprint density at radius 2 is 1.18 bits per heavy atom. The predicted molar refractivity (Wildman–Crippen MR) is 94.2 cm³/mol. The summed E-state index contributed by atoms with van der Waals surface area (Å²) in [6.07, 6.45) is -3.66. The van der Waals surface area contributed by atoms with E-state index in [1.54, 1.807) is 30.3 Å². The molecule has 0 spiro atoms. The van der Waals surface area contributed by atoms with Gasteiger partial charge in [-0.3, -0.25) is 4.55 Å². The first-order valence-electron chi connectivity index (χ1n) is 8.18. The van der Waals surface area contributed by atoms with Gasteiger partial charge in [0.05, 0.1) is 0 Å². The van der Waals surface area contributed by atoms with E-state index >= 15 is 0 Å². The molecule has 0 radical (unpaired) electrons. The lowest BCUT2D eigenvalue weighted by atomic mass is 10.0. The molecule has 178 valence electrons. The summed E-state index contributed by atoms with van der Waals surface area (Å²) >= 11 is 0. The minimum absolute atomic E-state index is 0.0457. The molecule has 0 aromatic heterocycles. The SMILES string of the molecule is FC(F)=C(F)C(F)(F)c1c(F)c(F)c(F)c(F)c1F.O=S(=O)(O)c1cccc2ccccc12. The Hall–Kier alpha value is -3.13. The molecule has 14 heteroatoms. The van der Waals surface area contributed by atoms with E-state index in [1.165, 1.54) is 6.07 Å². The van der Waals surface area contributed by atoms with Crippen molar-refractivity contribution in [2.75, 3.05) is 0 Å². The minimum atomic E-state index is -5.71. The lowest BCUT2D eigenvalue weighted by molar-refractivity contribution is -0.00262. The highest BCUT2D eigenvalue weighted by Gasteiger charge is 2.48. The Kier molecular flexibility index (Phi) is 7.43. The fourth-order valence-corrected chi connectivity index (χ4v) is 3.24. The number of hydrogen-bond acceptors (Lipinski definition) is 2. The highest BCUT2D eigenvalue weighted by molar-refractivity contribution is 7.86. The zero-order chi connectivity index (χ0) is 25.3. The highest BCUT2D eigenvalue weighted by Crippen LogP contribution is 2.42. The van der Waals surface area contributed by atoms with Crippen molar-refractivity contribution >= 4 is 20.9 Å². The topological polar surface area (TPSA) is 54.4 Å².